The average molecular weight is 423 g/mol. The number of benzene rings is 1. The van der Waals surface area contributed by atoms with Crippen LogP contribution in [-0.2, 0) is 30.4 Å². The Hall–Kier alpha value is -0.940. The summed E-state index contributed by atoms with van der Waals surface area (Å²) in [5.74, 6) is 0. The summed E-state index contributed by atoms with van der Waals surface area (Å²) in [5.41, 5.74) is 0.109. The zero-order valence-corrected chi connectivity index (χ0v) is 21.9. The van der Waals surface area contributed by atoms with E-state index in [1.165, 1.54) is 11.1 Å². The molecule has 0 N–H and O–H groups in total. The molecule has 1 rings (SSSR count). The highest BCUT2D eigenvalue weighted by Crippen LogP contribution is 2.41. The SMILES string of the molecule is CC(C)(C)OOC(C)(C)C(C)(C)c1ccc(C(C)(C)C(C)(C)OOC(C)(C)C)cc1. The Labute approximate surface area is 185 Å². The molecule has 0 saturated heterocycles. The minimum atomic E-state index is -0.514. The van der Waals surface area contributed by atoms with Gasteiger partial charge >= 0.3 is 0 Å². The fourth-order valence-electron chi connectivity index (χ4n) is 2.67. The van der Waals surface area contributed by atoms with E-state index in [9.17, 15) is 0 Å². The van der Waals surface area contributed by atoms with Crippen molar-refractivity contribution in [1.29, 1.82) is 0 Å². The third-order valence-corrected chi connectivity index (χ3v) is 6.34. The molecule has 0 fully saturated rings. The van der Waals surface area contributed by atoms with E-state index in [1.807, 2.05) is 41.5 Å². The van der Waals surface area contributed by atoms with Gasteiger partial charge in [-0.1, -0.05) is 52.0 Å². The highest BCUT2D eigenvalue weighted by Gasteiger charge is 2.44. The van der Waals surface area contributed by atoms with E-state index >= 15 is 0 Å². The molecule has 1 aromatic carbocycles. The Kier molecular flexibility index (Phi) is 7.71. The Balaban J connectivity index is 3.11. The summed E-state index contributed by atoms with van der Waals surface area (Å²) in [6.07, 6.45) is 0. The summed E-state index contributed by atoms with van der Waals surface area (Å²) in [6, 6.07) is 8.72. The van der Waals surface area contributed by atoms with Crippen LogP contribution >= 0.6 is 0 Å². The molecular formula is C26H46O4. The molecule has 0 radical (unpaired) electrons. The van der Waals surface area contributed by atoms with Crippen LogP contribution in [0, 0.1) is 0 Å². The molecule has 4 nitrogen and oxygen atoms in total. The lowest BCUT2D eigenvalue weighted by molar-refractivity contribution is -0.407. The van der Waals surface area contributed by atoms with Crippen LogP contribution in [0.1, 0.15) is 108 Å². The molecule has 0 saturated carbocycles. The van der Waals surface area contributed by atoms with Crippen molar-refractivity contribution >= 4 is 0 Å². The van der Waals surface area contributed by atoms with Crippen LogP contribution in [0.3, 0.4) is 0 Å². The predicted octanol–water partition coefficient (Wildman–Crippen LogP) is 7.29. The smallest absolute Gasteiger partial charge is 0.107 e. The second-order valence-corrected chi connectivity index (χ2v) is 12.4. The molecule has 0 bridgehead atoms. The van der Waals surface area contributed by atoms with Crippen molar-refractivity contribution < 1.29 is 19.6 Å². The summed E-state index contributed by atoms with van der Waals surface area (Å²) in [6.45, 7) is 28.9. The molecule has 0 aliphatic heterocycles. The quantitative estimate of drug-likeness (QED) is 0.325. The van der Waals surface area contributed by atoms with Crippen molar-refractivity contribution in [2.45, 2.75) is 130 Å². The summed E-state index contributed by atoms with van der Waals surface area (Å²) in [5, 5.41) is 0. The zero-order chi connectivity index (χ0) is 23.8. The van der Waals surface area contributed by atoms with Gasteiger partial charge in [-0.25, -0.2) is 19.6 Å². The lowest BCUT2D eigenvalue weighted by Gasteiger charge is -2.43. The van der Waals surface area contributed by atoms with Crippen molar-refractivity contribution in [3.8, 4) is 0 Å². The second kappa shape index (κ2) is 8.54. The van der Waals surface area contributed by atoms with Gasteiger partial charge in [-0.3, -0.25) is 0 Å². The van der Waals surface area contributed by atoms with Gasteiger partial charge in [0.25, 0.3) is 0 Å². The van der Waals surface area contributed by atoms with E-state index in [0.717, 1.165) is 0 Å². The van der Waals surface area contributed by atoms with Gasteiger partial charge in [0.15, 0.2) is 0 Å². The molecule has 0 atom stereocenters. The Morgan fingerprint density at radius 1 is 0.400 bits per heavy atom. The largest absolute Gasteiger partial charge is 0.230 e. The molecule has 1 aromatic rings. The average Bonchev–Trinajstić information content (AvgIpc) is 2.57. The van der Waals surface area contributed by atoms with Crippen molar-refractivity contribution in [3.05, 3.63) is 35.4 Å². The van der Waals surface area contributed by atoms with Gasteiger partial charge in [-0.15, -0.1) is 0 Å². The molecule has 0 heterocycles. The first-order valence-electron chi connectivity index (χ1n) is 11.0. The molecule has 0 aliphatic carbocycles. The van der Waals surface area contributed by atoms with Crippen molar-refractivity contribution in [2.24, 2.45) is 0 Å². The van der Waals surface area contributed by atoms with Gasteiger partial charge < -0.3 is 0 Å². The maximum atomic E-state index is 5.89. The van der Waals surface area contributed by atoms with Crippen LogP contribution in [-0.4, -0.2) is 22.4 Å². The fourth-order valence-corrected chi connectivity index (χ4v) is 2.67. The van der Waals surface area contributed by atoms with Crippen LogP contribution in [0.5, 0.6) is 0 Å². The third-order valence-electron chi connectivity index (χ3n) is 6.34. The minimum Gasteiger partial charge on any atom is -0.230 e. The van der Waals surface area contributed by atoms with E-state index in [0.29, 0.717) is 0 Å². The first-order chi connectivity index (χ1) is 13.1. The van der Waals surface area contributed by atoms with Gasteiger partial charge in [0.05, 0.1) is 11.2 Å². The number of hydrogen-bond donors (Lipinski definition) is 0. The van der Waals surface area contributed by atoms with E-state index in [4.69, 9.17) is 19.6 Å². The molecule has 0 amide bonds. The number of rotatable bonds is 8. The summed E-state index contributed by atoms with van der Waals surface area (Å²) < 4.78 is 0. The maximum Gasteiger partial charge on any atom is 0.107 e. The van der Waals surface area contributed by atoms with Crippen LogP contribution < -0.4 is 0 Å². The topological polar surface area (TPSA) is 36.9 Å². The summed E-state index contributed by atoms with van der Waals surface area (Å²) in [7, 11) is 0. The van der Waals surface area contributed by atoms with Crippen LogP contribution in [0.2, 0.25) is 0 Å². The summed E-state index contributed by atoms with van der Waals surface area (Å²) in [4.78, 5) is 23.1. The van der Waals surface area contributed by atoms with E-state index in [-0.39, 0.29) is 22.0 Å². The van der Waals surface area contributed by atoms with Gasteiger partial charge in [0.2, 0.25) is 0 Å². The van der Waals surface area contributed by atoms with Gasteiger partial charge in [0, 0.05) is 10.8 Å². The molecule has 0 spiro atoms. The minimum absolute atomic E-state index is 0.262. The lowest BCUT2D eigenvalue weighted by Crippen LogP contribution is -2.47. The molecule has 0 aromatic heterocycles. The van der Waals surface area contributed by atoms with Gasteiger partial charge in [-0.2, -0.15) is 0 Å². The standard InChI is InChI=1S/C26H46O4/c1-21(2,3)27-29-25(11,12)23(7,8)19-15-17-20(18-16-19)24(9,10)26(13,14)30-28-22(4,5)6/h15-18H,1-14H3. The monoisotopic (exact) mass is 422 g/mol. The molecular weight excluding hydrogens is 376 g/mol. The third kappa shape index (κ3) is 6.53. The van der Waals surface area contributed by atoms with E-state index in [1.54, 1.807) is 0 Å². The van der Waals surface area contributed by atoms with Crippen LogP contribution in [0.25, 0.3) is 0 Å². The van der Waals surface area contributed by atoms with Crippen LogP contribution in [0.15, 0.2) is 24.3 Å². The zero-order valence-electron chi connectivity index (χ0n) is 21.9. The Morgan fingerprint density at radius 3 is 0.833 bits per heavy atom. The normalized spacial score (nSPS) is 14.9. The first-order valence-corrected chi connectivity index (χ1v) is 11.0. The molecule has 0 unspecified atom stereocenters. The number of hydrogen-bond acceptors (Lipinski definition) is 4. The Morgan fingerprint density at radius 2 is 0.633 bits per heavy atom. The lowest BCUT2D eigenvalue weighted by atomic mass is 9.69. The molecule has 0 aliphatic rings. The van der Waals surface area contributed by atoms with E-state index in [2.05, 4.69) is 79.7 Å². The van der Waals surface area contributed by atoms with Crippen LogP contribution in [0.4, 0.5) is 0 Å². The molecule has 4 heteroatoms. The fraction of sp³-hybridized carbons (Fsp3) is 0.769. The molecule has 174 valence electrons. The predicted molar refractivity (Wildman–Crippen MR) is 124 cm³/mol. The second-order valence-electron chi connectivity index (χ2n) is 12.4. The summed E-state index contributed by atoms with van der Waals surface area (Å²) >= 11 is 0. The highest BCUT2D eigenvalue weighted by atomic mass is 17.2. The van der Waals surface area contributed by atoms with E-state index < -0.39 is 11.2 Å². The molecule has 30 heavy (non-hydrogen) atoms. The van der Waals surface area contributed by atoms with Gasteiger partial charge in [0.1, 0.15) is 11.2 Å². The van der Waals surface area contributed by atoms with Crippen molar-refractivity contribution in [1.82, 2.24) is 0 Å². The van der Waals surface area contributed by atoms with Crippen molar-refractivity contribution in [2.75, 3.05) is 0 Å². The first kappa shape index (κ1) is 27.1. The highest BCUT2D eigenvalue weighted by molar-refractivity contribution is 5.35. The Bertz CT molecular complexity index is 622. The van der Waals surface area contributed by atoms with Crippen molar-refractivity contribution in [3.63, 3.8) is 0 Å². The van der Waals surface area contributed by atoms with Gasteiger partial charge in [-0.05, 0) is 80.4 Å². The maximum absolute atomic E-state index is 5.89.